The average Bonchev–Trinajstić information content (AvgIpc) is 2.69. The second kappa shape index (κ2) is 5.17. The molecular weight excluding hydrogens is 234 g/mol. The first kappa shape index (κ1) is 12.6. The molecule has 1 aliphatic carbocycles. The van der Waals surface area contributed by atoms with Crippen LogP contribution in [0.2, 0.25) is 0 Å². The molecule has 1 aromatic heterocycles. The number of thiazole rings is 1. The molecule has 0 saturated heterocycles. The Balaban J connectivity index is 2.09. The van der Waals surface area contributed by atoms with Crippen molar-refractivity contribution < 1.29 is 9.53 Å². The molecular formula is C13H19NO2S. The molecule has 0 amide bonds. The molecule has 0 bridgehead atoms. The molecule has 2 rings (SSSR count). The van der Waals surface area contributed by atoms with Crippen molar-refractivity contribution in [3.05, 3.63) is 15.6 Å². The van der Waals surface area contributed by atoms with E-state index in [2.05, 4.69) is 23.6 Å². The highest BCUT2D eigenvalue weighted by atomic mass is 32.1. The summed E-state index contributed by atoms with van der Waals surface area (Å²) in [7, 11) is 1.42. The number of carbonyl (C=O) groups is 1. The van der Waals surface area contributed by atoms with Crippen LogP contribution in [0.25, 0.3) is 0 Å². The van der Waals surface area contributed by atoms with Crippen molar-refractivity contribution in [2.45, 2.75) is 39.5 Å². The number of esters is 1. The van der Waals surface area contributed by atoms with Crippen molar-refractivity contribution in [1.29, 1.82) is 0 Å². The van der Waals surface area contributed by atoms with Crippen molar-refractivity contribution in [1.82, 2.24) is 4.98 Å². The molecule has 3 nitrogen and oxygen atoms in total. The molecule has 1 heterocycles. The number of nitrogens with zero attached hydrogens (tertiary/aromatic N) is 1. The van der Waals surface area contributed by atoms with E-state index in [4.69, 9.17) is 0 Å². The van der Waals surface area contributed by atoms with E-state index in [0.717, 1.165) is 29.7 Å². The van der Waals surface area contributed by atoms with Crippen LogP contribution in [0.5, 0.6) is 0 Å². The van der Waals surface area contributed by atoms with Crippen LogP contribution < -0.4 is 0 Å². The predicted molar refractivity (Wildman–Crippen MR) is 68.2 cm³/mol. The summed E-state index contributed by atoms with van der Waals surface area (Å²) in [4.78, 5) is 17.1. The maximum absolute atomic E-state index is 11.2. The number of methoxy groups -OCH3 is 1. The zero-order chi connectivity index (χ0) is 12.4. The van der Waals surface area contributed by atoms with Crippen LogP contribution in [-0.2, 0) is 28.8 Å². The normalized spacial score (nSPS) is 19.2. The maximum Gasteiger partial charge on any atom is 0.312 e. The van der Waals surface area contributed by atoms with E-state index in [9.17, 15) is 4.79 Å². The highest BCUT2D eigenvalue weighted by Crippen LogP contribution is 2.33. The summed E-state index contributed by atoms with van der Waals surface area (Å²) in [6.07, 6.45) is 3.74. The summed E-state index contributed by atoms with van der Waals surface area (Å²) >= 11 is 1.69. The minimum Gasteiger partial charge on any atom is -0.469 e. The minimum atomic E-state index is -0.198. The summed E-state index contributed by atoms with van der Waals surface area (Å²) in [5, 5.41) is 0.909. The van der Waals surface area contributed by atoms with E-state index in [1.807, 2.05) is 0 Å². The van der Waals surface area contributed by atoms with Gasteiger partial charge in [-0.15, -0.1) is 11.3 Å². The van der Waals surface area contributed by atoms with Crippen LogP contribution in [0.15, 0.2) is 0 Å². The van der Waals surface area contributed by atoms with Gasteiger partial charge in [0, 0.05) is 4.88 Å². The molecule has 94 valence electrons. The lowest BCUT2D eigenvalue weighted by molar-refractivity contribution is -0.139. The lowest BCUT2D eigenvalue weighted by Crippen LogP contribution is -2.17. The van der Waals surface area contributed by atoms with Gasteiger partial charge in [0.1, 0.15) is 5.01 Å². The van der Waals surface area contributed by atoms with Crippen LogP contribution >= 0.6 is 11.3 Å². The molecule has 0 saturated carbocycles. The second-order valence-corrected chi connectivity index (χ2v) is 6.15. The van der Waals surface area contributed by atoms with Gasteiger partial charge in [0.15, 0.2) is 0 Å². The van der Waals surface area contributed by atoms with Crippen molar-refractivity contribution in [3.63, 3.8) is 0 Å². The number of aryl methyl sites for hydroxylation is 1. The van der Waals surface area contributed by atoms with Crippen LogP contribution in [0, 0.1) is 11.8 Å². The fraction of sp³-hybridized carbons (Fsp3) is 0.692. The van der Waals surface area contributed by atoms with E-state index in [0.29, 0.717) is 6.42 Å². The summed E-state index contributed by atoms with van der Waals surface area (Å²) in [5.74, 6) is 1.31. The fourth-order valence-electron chi connectivity index (χ4n) is 2.29. The SMILES string of the molecule is COC(=O)Cc1nc2c(s1)CC(C(C)C)CC2. The van der Waals surface area contributed by atoms with Gasteiger partial charge in [-0.2, -0.15) is 0 Å². The van der Waals surface area contributed by atoms with Gasteiger partial charge in [0.2, 0.25) is 0 Å². The van der Waals surface area contributed by atoms with E-state index < -0.39 is 0 Å². The number of fused-ring (bicyclic) bond motifs is 1. The van der Waals surface area contributed by atoms with Crippen molar-refractivity contribution >= 4 is 17.3 Å². The van der Waals surface area contributed by atoms with Crippen LogP contribution in [0.1, 0.15) is 35.8 Å². The van der Waals surface area contributed by atoms with Gasteiger partial charge < -0.3 is 4.74 Å². The van der Waals surface area contributed by atoms with Gasteiger partial charge in [0.25, 0.3) is 0 Å². The summed E-state index contributed by atoms with van der Waals surface area (Å²) in [6, 6.07) is 0. The number of hydrogen-bond donors (Lipinski definition) is 0. The smallest absolute Gasteiger partial charge is 0.312 e. The first-order valence-corrected chi connectivity index (χ1v) is 6.96. The highest BCUT2D eigenvalue weighted by Gasteiger charge is 2.24. The van der Waals surface area contributed by atoms with Crippen molar-refractivity contribution in [2.75, 3.05) is 7.11 Å². The minimum absolute atomic E-state index is 0.198. The molecule has 4 heteroatoms. The summed E-state index contributed by atoms with van der Waals surface area (Å²) in [6.45, 7) is 4.57. The van der Waals surface area contributed by atoms with Gasteiger partial charge in [-0.1, -0.05) is 13.8 Å². The lowest BCUT2D eigenvalue weighted by Gasteiger charge is -2.24. The number of rotatable bonds is 3. The first-order valence-electron chi connectivity index (χ1n) is 6.14. The van der Waals surface area contributed by atoms with E-state index >= 15 is 0 Å². The van der Waals surface area contributed by atoms with Crippen LogP contribution in [0.3, 0.4) is 0 Å². The molecule has 1 unspecified atom stereocenters. The summed E-state index contributed by atoms with van der Waals surface area (Å²) < 4.78 is 4.67. The second-order valence-electron chi connectivity index (χ2n) is 4.98. The van der Waals surface area contributed by atoms with Crippen molar-refractivity contribution in [2.24, 2.45) is 11.8 Å². The van der Waals surface area contributed by atoms with Gasteiger partial charge in [-0.25, -0.2) is 4.98 Å². The Morgan fingerprint density at radius 3 is 3.00 bits per heavy atom. The van der Waals surface area contributed by atoms with Gasteiger partial charge in [-0.3, -0.25) is 4.79 Å². The number of ether oxygens (including phenoxy) is 1. The Morgan fingerprint density at radius 2 is 2.35 bits per heavy atom. The molecule has 1 aliphatic rings. The zero-order valence-corrected chi connectivity index (χ0v) is 11.5. The first-order chi connectivity index (χ1) is 8.10. The molecule has 0 N–H and O–H groups in total. The third-order valence-corrected chi connectivity index (χ3v) is 4.61. The monoisotopic (exact) mass is 253 g/mol. The largest absolute Gasteiger partial charge is 0.469 e. The van der Waals surface area contributed by atoms with Crippen molar-refractivity contribution in [3.8, 4) is 0 Å². The number of hydrogen-bond acceptors (Lipinski definition) is 4. The standard InChI is InChI=1S/C13H19NO2S/c1-8(2)9-4-5-10-11(6-9)17-12(14-10)7-13(15)16-3/h8-9H,4-7H2,1-3H3. The maximum atomic E-state index is 11.2. The Morgan fingerprint density at radius 1 is 1.59 bits per heavy atom. The number of aromatic nitrogens is 1. The van der Waals surface area contributed by atoms with Crippen LogP contribution in [0.4, 0.5) is 0 Å². The Kier molecular flexibility index (Phi) is 3.82. The fourth-order valence-corrected chi connectivity index (χ4v) is 3.49. The third-order valence-electron chi connectivity index (χ3n) is 3.49. The van der Waals surface area contributed by atoms with E-state index in [1.165, 1.54) is 24.1 Å². The highest BCUT2D eigenvalue weighted by molar-refractivity contribution is 7.11. The Bertz CT molecular complexity index is 412. The molecule has 0 aliphatic heterocycles. The van der Waals surface area contributed by atoms with Crippen LogP contribution in [-0.4, -0.2) is 18.1 Å². The quantitative estimate of drug-likeness (QED) is 0.777. The predicted octanol–water partition coefficient (Wildman–Crippen LogP) is 2.62. The topological polar surface area (TPSA) is 39.2 Å². The van der Waals surface area contributed by atoms with Gasteiger partial charge in [-0.05, 0) is 31.1 Å². The summed E-state index contributed by atoms with van der Waals surface area (Å²) in [5.41, 5.74) is 1.21. The van der Waals surface area contributed by atoms with E-state index in [1.54, 1.807) is 11.3 Å². The molecule has 17 heavy (non-hydrogen) atoms. The molecule has 0 spiro atoms. The molecule has 0 radical (unpaired) electrons. The molecule has 0 fully saturated rings. The number of carbonyl (C=O) groups excluding carboxylic acids is 1. The molecule has 0 aromatic carbocycles. The third kappa shape index (κ3) is 2.86. The Labute approximate surface area is 106 Å². The van der Waals surface area contributed by atoms with Gasteiger partial charge >= 0.3 is 5.97 Å². The van der Waals surface area contributed by atoms with Gasteiger partial charge in [0.05, 0.1) is 19.2 Å². The van der Waals surface area contributed by atoms with E-state index in [-0.39, 0.29) is 5.97 Å². The Hall–Kier alpha value is -0.900. The molecule has 1 atom stereocenters. The zero-order valence-electron chi connectivity index (χ0n) is 10.7. The molecule has 1 aromatic rings. The average molecular weight is 253 g/mol. The lowest BCUT2D eigenvalue weighted by atomic mass is 9.83.